The van der Waals surface area contributed by atoms with Gasteiger partial charge in [-0.3, -0.25) is 0 Å². The van der Waals surface area contributed by atoms with Crippen LogP contribution in [-0.4, -0.2) is 22.1 Å². The van der Waals surface area contributed by atoms with Gasteiger partial charge in [-0.1, -0.05) is 11.6 Å². The monoisotopic (exact) mass is 383 g/mol. The van der Waals surface area contributed by atoms with Crippen LogP contribution in [0.25, 0.3) is 21.6 Å². The first-order chi connectivity index (χ1) is 10.0. The van der Waals surface area contributed by atoms with Gasteiger partial charge in [0.15, 0.2) is 5.82 Å². The van der Waals surface area contributed by atoms with Crippen molar-refractivity contribution in [1.82, 2.24) is 15.0 Å². The Morgan fingerprint density at radius 1 is 1.19 bits per heavy atom. The fourth-order valence-electron chi connectivity index (χ4n) is 2.14. The van der Waals surface area contributed by atoms with Crippen molar-refractivity contribution in [3.8, 4) is 16.5 Å². The molecule has 0 atom stereocenters. The molecular weight excluding hydrogens is 374 g/mol. The summed E-state index contributed by atoms with van der Waals surface area (Å²) in [6, 6.07) is 3.72. The number of fused-ring (bicyclic) bond motifs is 1. The van der Waals surface area contributed by atoms with E-state index in [4.69, 9.17) is 16.3 Å². The lowest BCUT2D eigenvalue weighted by Crippen LogP contribution is -1.95. The van der Waals surface area contributed by atoms with Gasteiger partial charge in [0, 0.05) is 4.47 Å². The molecule has 0 N–H and O–H groups in total. The number of ether oxygens (including phenoxy) is 1. The lowest BCUT2D eigenvalue weighted by Gasteiger charge is -2.09. The molecule has 0 unspecified atom stereocenters. The minimum atomic E-state index is 0.395. The molecule has 2 heterocycles. The maximum absolute atomic E-state index is 6.35. The third-order valence-corrected chi connectivity index (χ3v) is 5.05. The number of thiazole rings is 1. The largest absolute Gasteiger partial charge is 0.494 e. The molecule has 108 valence electrons. The van der Waals surface area contributed by atoms with Crippen molar-refractivity contribution in [2.24, 2.45) is 0 Å². The first kappa shape index (κ1) is 14.7. The normalized spacial score (nSPS) is 11.1. The Morgan fingerprint density at radius 2 is 1.95 bits per heavy atom. The molecule has 2 aromatic heterocycles. The summed E-state index contributed by atoms with van der Waals surface area (Å²) in [5, 5.41) is 2.12. The molecule has 0 aliphatic heterocycles. The average Bonchev–Trinajstić information content (AvgIpc) is 2.77. The second-order valence-electron chi connectivity index (χ2n) is 4.46. The summed E-state index contributed by atoms with van der Waals surface area (Å²) >= 11 is 11.4. The highest BCUT2D eigenvalue weighted by Gasteiger charge is 2.17. The molecule has 0 bridgehead atoms. The zero-order valence-electron chi connectivity index (χ0n) is 11.6. The molecule has 7 heteroatoms. The molecule has 0 aliphatic rings. The van der Waals surface area contributed by atoms with E-state index < -0.39 is 0 Å². The van der Waals surface area contributed by atoms with Crippen molar-refractivity contribution in [2.75, 3.05) is 7.11 Å². The van der Waals surface area contributed by atoms with Crippen LogP contribution in [0.15, 0.2) is 16.6 Å². The molecule has 21 heavy (non-hydrogen) atoms. The smallest absolute Gasteiger partial charge is 0.173 e. The first-order valence-electron chi connectivity index (χ1n) is 6.15. The fraction of sp³-hybridized carbons (Fsp3) is 0.214. The quantitative estimate of drug-likeness (QED) is 0.596. The van der Waals surface area contributed by atoms with Crippen LogP contribution < -0.4 is 4.74 Å². The fourth-order valence-corrected chi connectivity index (χ4v) is 3.89. The first-order valence-corrected chi connectivity index (χ1v) is 8.14. The van der Waals surface area contributed by atoms with Crippen molar-refractivity contribution in [1.29, 1.82) is 0 Å². The number of halogens is 2. The van der Waals surface area contributed by atoms with Gasteiger partial charge in [-0.05, 0) is 41.9 Å². The van der Waals surface area contributed by atoms with Crippen LogP contribution in [0, 0.1) is 13.8 Å². The van der Waals surface area contributed by atoms with Gasteiger partial charge in [0.1, 0.15) is 16.4 Å². The van der Waals surface area contributed by atoms with Gasteiger partial charge in [-0.25, -0.2) is 15.0 Å². The minimum absolute atomic E-state index is 0.395. The van der Waals surface area contributed by atoms with Gasteiger partial charge in [-0.2, -0.15) is 0 Å². The highest BCUT2D eigenvalue weighted by atomic mass is 79.9. The maximum atomic E-state index is 6.35. The number of benzene rings is 1. The van der Waals surface area contributed by atoms with E-state index in [-0.39, 0.29) is 0 Å². The van der Waals surface area contributed by atoms with E-state index in [0.717, 1.165) is 25.4 Å². The maximum Gasteiger partial charge on any atom is 0.173 e. The number of methoxy groups -OCH3 is 1. The van der Waals surface area contributed by atoms with Crippen LogP contribution >= 0.6 is 38.9 Å². The van der Waals surface area contributed by atoms with Crippen molar-refractivity contribution in [3.63, 3.8) is 0 Å². The number of hydrogen-bond acceptors (Lipinski definition) is 5. The zero-order valence-corrected chi connectivity index (χ0v) is 14.7. The van der Waals surface area contributed by atoms with E-state index in [2.05, 4.69) is 30.9 Å². The number of aromatic nitrogens is 3. The van der Waals surface area contributed by atoms with E-state index >= 15 is 0 Å². The second kappa shape index (κ2) is 5.51. The Bertz CT molecular complexity index is 850. The minimum Gasteiger partial charge on any atom is -0.494 e. The van der Waals surface area contributed by atoms with Crippen LogP contribution in [0.4, 0.5) is 0 Å². The molecule has 0 spiro atoms. The third-order valence-electron chi connectivity index (χ3n) is 3.04. The van der Waals surface area contributed by atoms with E-state index in [1.165, 1.54) is 0 Å². The van der Waals surface area contributed by atoms with Gasteiger partial charge in [0.05, 0.1) is 28.1 Å². The van der Waals surface area contributed by atoms with Crippen LogP contribution in [0.5, 0.6) is 5.75 Å². The lowest BCUT2D eigenvalue weighted by atomic mass is 10.2. The standard InChI is InChI=1S/C14H11BrClN3OS/c1-6-12(21-7(2)17-6)14-18-11-9(20-3)5-4-8(15)10(11)13(16)19-14/h4-5H,1-3H3. The van der Waals surface area contributed by atoms with Gasteiger partial charge in [-0.15, -0.1) is 11.3 Å². The van der Waals surface area contributed by atoms with E-state index in [1.807, 2.05) is 26.0 Å². The van der Waals surface area contributed by atoms with E-state index in [9.17, 15) is 0 Å². The van der Waals surface area contributed by atoms with Crippen molar-refractivity contribution in [2.45, 2.75) is 13.8 Å². The summed E-state index contributed by atoms with van der Waals surface area (Å²) in [5.41, 5.74) is 1.59. The molecule has 4 nitrogen and oxygen atoms in total. The average molecular weight is 385 g/mol. The lowest BCUT2D eigenvalue weighted by molar-refractivity contribution is 0.419. The van der Waals surface area contributed by atoms with E-state index in [0.29, 0.717) is 22.2 Å². The summed E-state index contributed by atoms with van der Waals surface area (Å²) in [7, 11) is 1.61. The molecule has 1 aromatic carbocycles. The van der Waals surface area contributed by atoms with Crippen LogP contribution in [-0.2, 0) is 0 Å². The van der Waals surface area contributed by atoms with Crippen LogP contribution in [0.2, 0.25) is 5.15 Å². The molecular formula is C14H11BrClN3OS. The highest BCUT2D eigenvalue weighted by Crippen LogP contribution is 2.37. The topological polar surface area (TPSA) is 47.9 Å². The summed E-state index contributed by atoms with van der Waals surface area (Å²) in [6.07, 6.45) is 0. The Hall–Kier alpha value is -1.24. The van der Waals surface area contributed by atoms with Gasteiger partial charge in [0.25, 0.3) is 0 Å². The van der Waals surface area contributed by atoms with Gasteiger partial charge in [0.2, 0.25) is 0 Å². The van der Waals surface area contributed by atoms with Gasteiger partial charge < -0.3 is 4.74 Å². The third kappa shape index (κ3) is 2.52. The molecule has 3 aromatic rings. The predicted octanol–water partition coefficient (Wildman–Crippen LogP) is 4.79. The summed E-state index contributed by atoms with van der Waals surface area (Å²) in [6.45, 7) is 3.90. The van der Waals surface area contributed by atoms with Crippen molar-refractivity contribution < 1.29 is 4.74 Å². The zero-order chi connectivity index (χ0) is 15.1. The van der Waals surface area contributed by atoms with Crippen molar-refractivity contribution in [3.05, 3.63) is 32.5 Å². The van der Waals surface area contributed by atoms with Crippen LogP contribution in [0.3, 0.4) is 0 Å². The molecule has 0 fully saturated rings. The number of rotatable bonds is 2. The van der Waals surface area contributed by atoms with Crippen LogP contribution in [0.1, 0.15) is 10.7 Å². The summed E-state index contributed by atoms with van der Waals surface area (Å²) in [4.78, 5) is 14.4. The Kier molecular flexibility index (Phi) is 3.86. The molecule has 3 rings (SSSR count). The molecule has 0 saturated carbocycles. The molecule has 0 radical (unpaired) electrons. The molecule has 0 aliphatic carbocycles. The molecule has 0 amide bonds. The van der Waals surface area contributed by atoms with Gasteiger partial charge >= 0.3 is 0 Å². The SMILES string of the molecule is COc1ccc(Br)c2c(Cl)nc(-c3sc(C)nc3C)nc12. The summed E-state index contributed by atoms with van der Waals surface area (Å²) in [5.74, 6) is 1.24. The van der Waals surface area contributed by atoms with Crippen molar-refractivity contribution >= 4 is 49.8 Å². The number of aryl methyl sites for hydroxylation is 2. The number of nitrogens with zero attached hydrogens (tertiary/aromatic N) is 3. The Labute approximate surface area is 139 Å². The number of hydrogen-bond donors (Lipinski definition) is 0. The predicted molar refractivity (Wildman–Crippen MR) is 89.4 cm³/mol. The Balaban J connectivity index is 2.35. The molecule has 0 saturated heterocycles. The van der Waals surface area contributed by atoms with E-state index in [1.54, 1.807) is 18.4 Å². The Morgan fingerprint density at radius 3 is 2.57 bits per heavy atom. The highest BCUT2D eigenvalue weighted by molar-refractivity contribution is 9.10. The second-order valence-corrected chi connectivity index (χ2v) is 6.87. The summed E-state index contributed by atoms with van der Waals surface area (Å²) < 4.78 is 6.22.